The maximum atomic E-state index is 9.90. The van der Waals surface area contributed by atoms with E-state index in [-0.39, 0.29) is 11.5 Å². The average molecular weight is 194 g/mol. The largest absolute Gasteiger partial charge is 0.393 e. The quantitative estimate of drug-likeness (QED) is 0.789. The van der Waals surface area contributed by atoms with Crippen LogP contribution in [0.1, 0.15) is 32.0 Å². The number of imidazole rings is 1. The molecule has 1 N–H and O–H groups in total. The number of aromatic nitrogens is 2. The van der Waals surface area contributed by atoms with E-state index in [2.05, 4.69) is 11.9 Å². The van der Waals surface area contributed by atoms with Gasteiger partial charge in [0.1, 0.15) is 5.82 Å². The Hall–Kier alpha value is -0.830. The van der Waals surface area contributed by atoms with Crippen molar-refractivity contribution in [1.82, 2.24) is 9.55 Å². The molecule has 0 spiro atoms. The van der Waals surface area contributed by atoms with Gasteiger partial charge in [0.2, 0.25) is 0 Å². The minimum absolute atomic E-state index is 0.154. The predicted molar refractivity (Wildman–Crippen MR) is 54.9 cm³/mol. The molecule has 1 saturated carbocycles. The summed E-state index contributed by atoms with van der Waals surface area (Å²) in [7, 11) is 1.99. The first kappa shape index (κ1) is 9.71. The summed E-state index contributed by atoms with van der Waals surface area (Å²) in [5, 5.41) is 9.90. The van der Waals surface area contributed by atoms with E-state index in [4.69, 9.17) is 0 Å². The molecule has 1 aliphatic carbocycles. The Kier molecular flexibility index (Phi) is 2.35. The maximum Gasteiger partial charge on any atom is 0.108 e. The Labute approximate surface area is 84.8 Å². The highest BCUT2D eigenvalue weighted by atomic mass is 16.3. The number of aliphatic hydroxyl groups excluding tert-OH is 1. The summed E-state index contributed by atoms with van der Waals surface area (Å²) >= 11 is 0. The standard InChI is InChI=1S/C11H18N2O/c1-11(5-6-11)9(14)3-4-10-12-7-8-13(10)2/h7-9,14H,3-6H2,1-2H3. The highest BCUT2D eigenvalue weighted by Gasteiger charge is 2.43. The van der Waals surface area contributed by atoms with Gasteiger partial charge >= 0.3 is 0 Å². The van der Waals surface area contributed by atoms with Crippen molar-refractivity contribution in [2.24, 2.45) is 12.5 Å². The molecule has 0 aromatic carbocycles. The summed E-state index contributed by atoms with van der Waals surface area (Å²) in [6, 6.07) is 0. The summed E-state index contributed by atoms with van der Waals surface area (Å²) in [5.74, 6) is 1.06. The van der Waals surface area contributed by atoms with Gasteiger partial charge < -0.3 is 9.67 Å². The second-order valence-electron chi connectivity index (χ2n) is 4.66. The van der Waals surface area contributed by atoms with Crippen LogP contribution in [-0.2, 0) is 13.5 Å². The molecule has 0 aliphatic heterocycles. The van der Waals surface area contributed by atoms with Crippen molar-refractivity contribution in [1.29, 1.82) is 0 Å². The van der Waals surface area contributed by atoms with Crippen molar-refractivity contribution in [2.75, 3.05) is 0 Å². The molecule has 1 aromatic rings. The lowest BCUT2D eigenvalue weighted by molar-refractivity contribution is 0.0938. The summed E-state index contributed by atoms with van der Waals surface area (Å²) in [6.45, 7) is 2.16. The minimum Gasteiger partial charge on any atom is -0.393 e. The second-order valence-corrected chi connectivity index (χ2v) is 4.66. The zero-order valence-corrected chi connectivity index (χ0v) is 8.90. The molecule has 78 valence electrons. The molecule has 1 unspecified atom stereocenters. The van der Waals surface area contributed by atoms with Gasteiger partial charge in [0, 0.05) is 25.9 Å². The van der Waals surface area contributed by atoms with Crippen molar-refractivity contribution < 1.29 is 5.11 Å². The van der Waals surface area contributed by atoms with E-state index in [1.54, 1.807) is 6.20 Å². The molecule has 1 fully saturated rings. The van der Waals surface area contributed by atoms with E-state index in [1.807, 2.05) is 17.8 Å². The molecule has 0 radical (unpaired) electrons. The molecule has 1 atom stereocenters. The van der Waals surface area contributed by atoms with Crippen molar-refractivity contribution >= 4 is 0 Å². The third-order valence-corrected chi connectivity index (χ3v) is 3.41. The fourth-order valence-corrected chi connectivity index (χ4v) is 1.78. The van der Waals surface area contributed by atoms with E-state index in [1.165, 1.54) is 12.8 Å². The normalized spacial score (nSPS) is 20.8. The first-order valence-electron chi connectivity index (χ1n) is 5.26. The van der Waals surface area contributed by atoms with Crippen LogP contribution in [0, 0.1) is 5.41 Å². The van der Waals surface area contributed by atoms with Gasteiger partial charge in [0.25, 0.3) is 0 Å². The van der Waals surface area contributed by atoms with Crippen LogP contribution in [0.25, 0.3) is 0 Å². The van der Waals surface area contributed by atoms with E-state index < -0.39 is 0 Å². The monoisotopic (exact) mass is 194 g/mol. The predicted octanol–water partition coefficient (Wildman–Crippen LogP) is 1.51. The lowest BCUT2D eigenvalue weighted by Gasteiger charge is -2.16. The Morgan fingerprint density at radius 1 is 1.64 bits per heavy atom. The summed E-state index contributed by atoms with van der Waals surface area (Å²) in [4.78, 5) is 4.24. The lowest BCUT2D eigenvalue weighted by Crippen LogP contribution is -2.20. The molecule has 0 bridgehead atoms. The molecule has 0 amide bonds. The smallest absolute Gasteiger partial charge is 0.108 e. The topological polar surface area (TPSA) is 38.0 Å². The van der Waals surface area contributed by atoms with Crippen LogP contribution in [-0.4, -0.2) is 20.8 Å². The van der Waals surface area contributed by atoms with Gasteiger partial charge in [-0.3, -0.25) is 0 Å². The molecular weight excluding hydrogens is 176 g/mol. The SMILES string of the molecule is Cn1ccnc1CCC(O)C1(C)CC1. The Morgan fingerprint density at radius 3 is 2.86 bits per heavy atom. The van der Waals surface area contributed by atoms with E-state index >= 15 is 0 Å². The molecule has 1 heterocycles. The average Bonchev–Trinajstić information content (AvgIpc) is 2.77. The fourth-order valence-electron chi connectivity index (χ4n) is 1.78. The summed E-state index contributed by atoms with van der Waals surface area (Å²) < 4.78 is 2.02. The Bertz CT molecular complexity index is 315. The van der Waals surface area contributed by atoms with E-state index in [0.29, 0.717) is 0 Å². The highest BCUT2D eigenvalue weighted by Crippen LogP contribution is 2.49. The fraction of sp³-hybridized carbons (Fsp3) is 0.727. The number of hydrogen-bond donors (Lipinski definition) is 1. The summed E-state index contributed by atoms with van der Waals surface area (Å²) in [5.41, 5.74) is 0.213. The van der Waals surface area contributed by atoms with Crippen LogP contribution < -0.4 is 0 Å². The van der Waals surface area contributed by atoms with Crippen LogP contribution in [0.4, 0.5) is 0 Å². The van der Waals surface area contributed by atoms with Gasteiger partial charge in [-0.1, -0.05) is 6.92 Å². The van der Waals surface area contributed by atoms with Gasteiger partial charge in [-0.15, -0.1) is 0 Å². The van der Waals surface area contributed by atoms with Crippen LogP contribution in [0.3, 0.4) is 0 Å². The van der Waals surface area contributed by atoms with Gasteiger partial charge in [0.15, 0.2) is 0 Å². The number of aliphatic hydroxyl groups is 1. The van der Waals surface area contributed by atoms with E-state index in [0.717, 1.165) is 18.7 Å². The van der Waals surface area contributed by atoms with Gasteiger partial charge in [0.05, 0.1) is 6.10 Å². The lowest BCUT2D eigenvalue weighted by atomic mass is 9.97. The van der Waals surface area contributed by atoms with Crippen molar-refractivity contribution in [3.05, 3.63) is 18.2 Å². The Morgan fingerprint density at radius 2 is 2.36 bits per heavy atom. The third kappa shape index (κ3) is 1.82. The number of aryl methyl sites for hydroxylation is 2. The zero-order valence-electron chi connectivity index (χ0n) is 8.90. The van der Waals surface area contributed by atoms with Crippen molar-refractivity contribution in [3.8, 4) is 0 Å². The van der Waals surface area contributed by atoms with Gasteiger partial charge in [-0.2, -0.15) is 0 Å². The number of nitrogens with zero attached hydrogens (tertiary/aromatic N) is 2. The van der Waals surface area contributed by atoms with Crippen molar-refractivity contribution in [2.45, 2.75) is 38.7 Å². The van der Waals surface area contributed by atoms with Gasteiger partial charge in [-0.05, 0) is 24.7 Å². The van der Waals surface area contributed by atoms with Crippen molar-refractivity contribution in [3.63, 3.8) is 0 Å². The van der Waals surface area contributed by atoms with Crippen LogP contribution >= 0.6 is 0 Å². The van der Waals surface area contributed by atoms with Crippen LogP contribution in [0.15, 0.2) is 12.4 Å². The zero-order chi connectivity index (χ0) is 10.2. The molecule has 0 saturated heterocycles. The first-order chi connectivity index (χ1) is 6.62. The molecule has 3 heteroatoms. The number of rotatable bonds is 4. The molecule has 1 aromatic heterocycles. The molecule has 1 aliphatic rings. The minimum atomic E-state index is -0.154. The maximum absolute atomic E-state index is 9.90. The van der Waals surface area contributed by atoms with Gasteiger partial charge in [-0.25, -0.2) is 4.98 Å². The molecule has 2 rings (SSSR count). The first-order valence-corrected chi connectivity index (χ1v) is 5.26. The molecular formula is C11H18N2O. The van der Waals surface area contributed by atoms with E-state index in [9.17, 15) is 5.11 Å². The second kappa shape index (κ2) is 3.39. The third-order valence-electron chi connectivity index (χ3n) is 3.41. The molecule has 14 heavy (non-hydrogen) atoms. The van der Waals surface area contributed by atoms with Crippen LogP contribution in [0.5, 0.6) is 0 Å². The highest BCUT2D eigenvalue weighted by molar-refractivity contribution is 4.97. The summed E-state index contributed by atoms with van der Waals surface area (Å²) in [6.07, 6.45) is 7.66. The molecule has 3 nitrogen and oxygen atoms in total. The number of hydrogen-bond acceptors (Lipinski definition) is 2. The van der Waals surface area contributed by atoms with Crippen LogP contribution in [0.2, 0.25) is 0 Å². The Balaban J connectivity index is 1.85.